The maximum atomic E-state index is 12.2. The first-order chi connectivity index (χ1) is 19.7. The molecule has 0 fully saturated rings. The molecule has 0 aromatic heterocycles. The lowest BCUT2D eigenvalue weighted by Gasteiger charge is -2.19. The second-order valence-electron chi connectivity index (χ2n) is 10.5. The standard InChI is InChI=1S/C36H61NO3/c1-3-5-7-9-11-13-14-15-16-17-18-19-20-21-22-24-26-28-30-32-36(40)37-34(33-38)35(39)31-29-27-25-23-12-10-8-6-4-2/h5,7,11,13,15-16,18-19,21-22,29,31,34-35,38-39H,3-4,6,8-10,12,14,17,20,23-28,30,32-33H2,1-2H3,(H,37,40)/b7-5-,13-11-,16-15-,19-18-,22-21-,31-29+. The van der Waals surface area contributed by atoms with Crippen LogP contribution in [0.2, 0.25) is 0 Å². The van der Waals surface area contributed by atoms with Crippen LogP contribution in [-0.2, 0) is 4.79 Å². The van der Waals surface area contributed by atoms with Crippen LogP contribution < -0.4 is 5.32 Å². The van der Waals surface area contributed by atoms with Crippen molar-refractivity contribution in [3.8, 4) is 0 Å². The van der Waals surface area contributed by atoms with Gasteiger partial charge in [0.15, 0.2) is 0 Å². The Morgan fingerprint density at radius 2 is 1.10 bits per heavy atom. The summed E-state index contributed by atoms with van der Waals surface area (Å²) >= 11 is 0. The average molecular weight is 556 g/mol. The van der Waals surface area contributed by atoms with Crippen molar-refractivity contribution in [3.05, 3.63) is 72.9 Å². The van der Waals surface area contributed by atoms with E-state index in [9.17, 15) is 15.0 Å². The molecule has 40 heavy (non-hydrogen) atoms. The average Bonchev–Trinajstić information content (AvgIpc) is 2.96. The number of carbonyl (C=O) groups is 1. The summed E-state index contributed by atoms with van der Waals surface area (Å²) in [6.07, 6.45) is 44.0. The van der Waals surface area contributed by atoms with E-state index in [1.165, 1.54) is 38.5 Å². The van der Waals surface area contributed by atoms with E-state index >= 15 is 0 Å². The van der Waals surface area contributed by atoms with Crippen LogP contribution in [0.3, 0.4) is 0 Å². The van der Waals surface area contributed by atoms with Crippen LogP contribution in [0.5, 0.6) is 0 Å². The first-order valence-corrected chi connectivity index (χ1v) is 16.2. The molecule has 0 aliphatic heterocycles. The van der Waals surface area contributed by atoms with Gasteiger partial charge in [-0.3, -0.25) is 4.79 Å². The lowest BCUT2D eigenvalue weighted by molar-refractivity contribution is -0.123. The monoisotopic (exact) mass is 555 g/mol. The quantitative estimate of drug-likeness (QED) is 0.0699. The molecule has 0 bridgehead atoms. The number of nitrogens with one attached hydrogen (secondary N) is 1. The van der Waals surface area contributed by atoms with E-state index in [2.05, 4.69) is 79.9 Å². The van der Waals surface area contributed by atoms with Gasteiger partial charge in [-0.25, -0.2) is 0 Å². The minimum Gasteiger partial charge on any atom is -0.394 e. The Labute approximate surface area is 247 Å². The summed E-state index contributed by atoms with van der Waals surface area (Å²) in [5.74, 6) is -0.103. The molecule has 0 heterocycles. The molecule has 2 unspecified atom stereocenters. The van der Waals surface area contributed by atoms with E-state index in [1.807, 2.05) is 6.08 Å². The van der Waals surface area contributed by atoms with Crippen LogP contribution in [-0.4, -0.2) is 34.9 Å². The summed E-state index contributed by atoms with van der Waals surface area (Å²) in [7, 11) is 0. The first-order valence-electron chi connectivity index (χ1n) is 16.2. The lowest BCUT2D eigenvalue weighted by atomic mass is 10.1. The molecule has 4 nitrogen and oxygen atoms in total. The minimum atomic E-state index is -0.853. The van der Waals surface area contributed by atoms with Crippen molar-refractivity contribution in [2.75, 3.05) is 6.61 Å². The Bertz CT molecular complexity index is 732. The third-order valence-corrected chi connectivity index (χ3v) is 6.70. The Morgan fingerprint density at radius 3 is 1.65 bits per heavy atom. The Morgan fingerprint density at radius 1 is 0.625 bits per heavy atom. The summed E-state index contributed by atoms with van der Waals surface area (Å²) < 4.78 is 0. The molecule has 0 aromatic carbocycles. The summed E-state index contributed by atoms with van der Waals surface area (Å²) in [4.78, 5) is 12.2. The van der Waals surface area contributed by atoms with E-state index in [0.29, 0.717) is 6.42 Å². The predicted molar refractivity (Wildman–Crippen MR) is 174 cm³/mol. The van der Waals surface area contributed by atoms with Crippen molar-refractivity contribution in [2.24, 2.45) is 0 Å². The Balaban J connectivity index is 3.78. The fourth-order valence-corrected chi connectivity index (χ4v) is 4.20. The van der Waals surface area contributed by atoms with Crippen molar-refractivity contribution in [2.45, 2.75) is 142 Å². The molecule has 0 aliphatic rings. The van der Waals surface area contributed by atoms with Gasteiger partial charge in [-0.15, -0.1) is 0 Å². The highest BCUT2D eigenvalue weighted by atomic mass is 16.3. The topological polar surface area (TPSA) is 69.6 Å². The zero-order valence-corrected chi connectivity index (χ0v) is 25.8. The molecule has 228 valence electrons. The number of unbranched alkanes of at least 4 members (excludes halogenated alkanes) is 10. The number of hydrogen-bond acceptors (Lipinski definition) is 3. The highest BCUT2D eigenvalue weighted by molar-refractivity contribution is 5.76. The van der Waals surface area contributed by atoms with Crippen LogP contribution in [0, 0.1) is 0 Å². The smallest absolute Gasteiger partial charge is 0.220 e. The maximum Gasteiger partial charge on any atom is 0.220 e. The van der Waals surface area contributed by atoms with Gasteiger partial charge in [0.25, 0.3) is 0 Å². The number of hydrogen-bond donors (Lipinski definition) is 3. The number of aliphatic hydroxyl groups is 2. The van der Waals surface area contributed by atoms with Gasteiger partial charge in [0.1, 0.15) is 0 Å². The molecule has 0 saturated carbocycles. The third kappa shape index (κ3) is 27.4. The Hall–Kier alpha value is -2.17. The fourth-order valence-electron chi connectivity index (χ4n) is 4.20. The van der Waals surface area contributed by atoms with Crippen molar-refractivity contribution in [1.82, 2.24) is 5.32 Å². The molecule has 0 aliphatic carbocycles. The Kier molecular flexibility index (Phi) is 29.7. The van der Waals surface area contributed by atoms with Gasteiger partial charge in [-0.2, -0.15) is 0 Å². The largest absolute Gasteiger partial charge is 0.394 e. The normalized spacial score (nSPS) is 14.2. The first kappa shape index (κ1) is 37.8. The minimum absolute atomic E-state index is 0.103. The van der Waals surface area contributed by atoms with Gasteiger partial charge in [-0.05, 0) is 64.2 Å². The predicted octanol–water partition coefficient (Wildman–Crippen LogP) is 9.22. The fraction of sp³-hybridized carbons (Fsp3) is 0.639. The van der Waals surface area contributed by atoms with E-state index in [4.69, 9.17) is 0 Å². The molecular formula is C36H61NO3. The van der Waals surface area contributed by atoms with Gasteiger partial charge in [0, 0.05) is 6.42 Å². The van der Waals surface area contributed by atoms with Crippen LogP contribution in [0.4, 0.5) is 0 Å². The highest BCUT2D eigenvalue weighted by Gasteiger charge is 2.17. The summed E-state index contributed by atoms with van der Waals surface area (Å²) in [6, 6.07) is -0.640. The number of amides is 1. The van der Waals surface area contributed by atoms with Gasteiger partial charge < -0.3 is 15.5 Å². The summed E-state index contributed by atoms with van der Waals surface area (Å²) in [6.45, 7) is 4.12. The second-order valence-corrected chi connectivity index (χ2v) is 10.5. The summed E-state index contributed by atoms with van der Waals surface area (Å²) in [5.41, 5.74) is 0. The van der Waals surface area contributed by atoms with Crippen molar-refractivity contribution >= 4 is 5.91 Å². The number of carbonyl (C=O) groups excluding carboxylic acids is 1. The van der Waals surface area contributed by atoms with Crippen LogP contribution in [0.25, 0.3) is 0 Å². The zero-order valence-electron chi connectivity index (χ0n) is 25.8. The van der Waals surface area contributed by atoms with Crippen LogP contribution in [0.15, 0.2) is 72.9 Å². The molecule has 0 rings (SSSR count). The maximum absolute atomic E-state index is 12.2. The van der Waals surface area contributed by atoms with E-state index in [1.54, 1.807) is 6.08 Å². The third-order valence-electron chi connectivity index (χ3n) is 6.70. The van der Waals surface area contributed by atoms with Crippen LogP contribution in [0.1, 0.15) is 129 Å². The van der Waals surface area contributed by atoms with Gasteiger partial charge in [0.05, 0.1) is 18.8 Å². The molecule has 1 amide bonds. The second kappa shape index (κ2) is 31.4. The molecule has 2 atom stereocenters. The van der Waals surface area contributed by atoms with Crippen molar-refractivity contribution in [1.29, 1.82) is 0 Å². The molecule has 4 heteroatoms. The summed E-state index contributed by atoms with van der Waals surface area (Å²) in [5, 5.41) is 22.7. The van der Waals surface area contributed by atoms with E-state index in [0.717, 1.165) is 70.6 Å². The van der Waals surface area contributed by atoms with E-state index in [-0.39, 0.29) is 12.5 Å². The highest BCUT2D eigenvalue weighted by Crippen LogP contribution is 2.09. The molecule has 0 aromatic rings. The lowest BCUT2D eigenvalue weighted by Crippen LogP contribution is -2.45. The molecule has 3 N–H and O–H groups in total. The molecule has 0 radical (unpaired) electrons. The van der Waals surface area contributed by atoms with Gasteiger partial charge >= 0.3 is 0 Å². The molecule has 0 saturated heterocycles. The molecule has 0 spiro atoms. The molecular weight excluding hydrogens is 494 g/mol. The van der Waals surface area contributed by atoms with Crippen LogP contribution >= 0.6 is 0 Å². The number of rotatable bonds is 27. The van der Waals surface area contributed by atoms with Crippen molar-refractivity contribution in [3.63, 3.8) is 0 Å². The van der Waals surface area contributed by atoms with E-state index < -0.39 is 12.1 Å². The van der Waals surface area contributed by atoms with Gasteiger partial charge in [0.2, 0.25) is 5.91 Å². The van der Waals surface area contributed by atoms with Crippen molar-refractivity contribution < 1.29 is 15.0 Å². The number of aliphatic hydroxyl groups excluding tert-OH is 2. The van der Waals surface area contributed by atoms with Gasteiger partial charge in [-0.1, -0.05) is 132 Å². The number of allylic oxidation sites excluding steroid dienone is 11. The SMILES string of the molecule is CC/C=C\C/C=C\C/C=C\C/C=C\C/C=C\CCCCCC(=O)NC(CO)C(O)/C=C/CCCCCCCCC. The zero-order chi connectivity index (χ0) is 29.4.